The number of hydrogen-bond donors (Lipinski definition) is 2. The SMILES string of the molecule is CCOc1cccc(NC(=S)NCc2ccc(OCC)c(OCC)c2)c1. The first kappa shape index (κ1) is 19.8. The van der Waals surface area contributed by atoms with Crippen LogP contribution in [0.15, 0.2) is 42.5 Å². The van der Waals surface area contributed by atoms with E-state index in [0.717, 1.165) is 28.5 Å². The van der Waals surface area contributed by atoms with Gasteiger partial charge in [0.25, 0.3) is 0 Å². The Morgan fingerprint density at radius 3 is 2.35 bits per heavy atom. The summed E-state index contributed by atoms with van der Waals surface area (Å²) in [6, 6.07) is 13.6. The van der Waals surface area contributed by atoms with E-state index in [9.17, 15) is 0 Å². The molecule has 0 aliphatic heterocycles. The van der Waals surface area contributed by atoms with Gasteiger partial charge in [0.2, 0.25) is 0 Å². The van der Waals surface area contributed by atoms with Gasteiger partial charge >= 0.3 is 0 Å². The summed E-state index contributed by atoms with van der Waals surface area (Å²) >= 11 is 5.38. The number of benzene rings is 2. The molecule has 0 fully saturated rings. The minimum Gasteiger partial charge on any atom is -0.494 e. The summed E-state index contributed by atoms with van der Waals surface area (Å²) < 4.78 is 16.7. The Kier molecular flexibility index (Phi) is 8.02. The zero-order valence-corrected chi connectivity index (χ0v) is 16.3. The highest BCUT2D eigenvalue weighted by Gasteiger charge is 2.07. The van der Waals surface area contributed by atoms with Crippen LogP contribution in [0.1, 0.15) is 26.3 Å². The van der Waals surface area contributed by atoms with Crippen molar-refractivity contribution in [2.45, 2.75) is 27.3 Å². The molecule has 0 bridgehead atoms. The molecular weight excluding hydrogens is 348 g/mol. The van der Waals surface area contributed by atoms with Crippen molar-refractivity contribution in [2.75, 3.05) is 25.1 Å². The summed E-state index contributed by atoms with van der Waals surface area (Å²) in [4.78, 5) is 0. The van der Waals surface area contributed by atoms with Crippen molar-refractivity contribution < 1.29 is 14.2 Å². The van der Waals surface area contributed by atoms with Crippen molar-refractivity contribution in [3.05, 3.63) is 48.0 Å². The molecule has 0 aliphatic carbocycles. The molecule has 5 nitrogen and oxygen atoms in total. The van der Waals surface area contributed by atoms with Crippen LogP contribution in [0.5, 0.6) is 17.2 Å². The van der Waals surface area contributed by atoms with Crippen molar-refractivity contribution in [1.29, 1.82) is 0 Å². The van der Waals surface area contributed by atoms with Gasteiger partial charge in [-0.15, -0.1) is 0 Å². The molecule has 0 heterocycles. The summed E-state index contributed by atoms with van der Waals surface area (Å²) in [5.41, 5.74) is 1.94. The first-order chi connectivity index (χ1) is 12.7. The molecule has 0 amide bonds. The quantitative estimate of drug-likeness (QED) is 0.636. The molecule has 0 saturated carbocycles. The molecule has 26 heavy (non-hydrogen) atoms. The highest BCUT2D eigenvalue weighted by Crippen LogP contribution is 2.28. The zero-order chi connectivity index (χ0) is 18.8. The smallest absolute Gasteiger partial charge is 0.171 e. The number of hydrogen-bond acceptors (Lipinski definition) is 4. The van der Waals surface area contributed by atoms with Crippen LogP contribution in [-0.2, 0) is 6.54 Å². The molecule has 6 heteroatoms. The van der Waals surface area contributed by atoms with Crippen molar-refractivity contribution in [1.82, 2.24) is 5.32 Å². The molecule has 0 atom stereocenters. The Morgan fingerprint density at radius 1 is 0.885 bits per heavy atom. The molecule has 0 unspecified atom stereocenters. The highest BCUT2D eigenvalue weighted by atomic mass is 32.1. The second-order valence-corrected chi connectivity index (χ2v) is 5.82. The van der Waals surface area contributed by atoms with E-state index in [1.165, 1.54) is 0 Å². The average Bonchev–Trinajstić information content (AvgIpc) is 2.63. The lowest BCUT2D eigenvalue weighted by atomic mass is 10.2. The van der Waals surface area contributed by atoms with Crippen LogP contribution in [0.3, 0.4) is 0 Å². The lowest BCUT2D eigenvalue weighted by Gasteiger charge is -2.14. The fourth-order valence-corrected chi connectivity index (χ4v) is 2.58. The van der Waals surface area contributed by atoms with Gasteiger partial charge in [0, 0.05) is 18.3 Å². The molecule has 2 aromatic carbocycles. The molecule has 0 saturated heterocycles. The van der Waals surface area contributed by atoms with E-state index in [4.69, 9.17) is 26.4 Å². The van der Waals surface area contributed by atoms with E-state index in [0.29, 0.717) is 31.5 Å². The standard InChI is InChI=1S/C20H26N2O3S/c1-4-23-17-9-7-8-16(13-17)22-20(26)21-14-15-10-11-18(24-5-2)19(12-15)25-6-3/h7-13H,4-6,14H2,1-3H3,(H2,21,22,26). The van der Waals surface area contributed by atoms with Crippen LogP contribution in [0.2, 0.25) is 0 Å². The van der Waals surface area contributed by atoms with E-state index in [2.05, 4.69) is 10.6 Å². The summed E-state index contributed by atoms with van der Waals surface area (Å²) in [5.74, 6) is 2.32. The fourth-order valence-electron chi connectivity index (χ4n) is 2.39. The summed E-state index contributed by atoms with van der Waals surface area (Å²) in [6.07, 6.45) is 0. The van der Waals surface area contributed by atoms with E-state index >= 15 is 0 Å². The normalized spacial score (nSPS) is 10.1. The van der Waals surface area contributed by atoms with Crippen molar-refractivity contribution >= 4 is 23.0 Å². The maximum atomic E-state index is 5.65. The van der Waals surface area contributed by atoms with Gasteiger partial charge in [-0.2, -0.15) is 0 Å². The molecule has 2 aromatic rings. The Labute approximate surface area is 160 Å². The minimum atomic E-state index is 0.547. The van der Waals surface area contributed by atoms with Gasteiger partial charge in [-0.05, 0) is 62.8 Å². The Morgan fingerprint density at radius 2 is 1.62 bits per heavy atom. The van der Waals surface area contributed by atoms with Crippen LogP contribution in [0.25, 0.3) is 0 Å². The molecule has 0 aromatic heterocycles. The molecule has 140 valence electrons. The number of ether oxygens (including phenoxy) is 3. The third-order valence-electron chi connectivity index (χ3n) is 3.46. The topological polar surface area (TPSA) is 51.8 Å². The maximum Gasteiger partial charge on any atom is 0.171 e. The Hall–Kier alpha value is -2.47. The Bertz CT molecular complexity index is 722. The second kappa shape index (κ2) is 10.5. The van der Waals surface area contributed by atoms with Crippen LogP contribution in [-0.4, -0.2) is 24.9 Å². The molecular formula is C20H26N2O3S. The zero-order valence-electron chi connectivity index (χ0n) is 15.5. The van der Waals surface area contributed by atoms with Gasteiger partial charge in [-0.1, -0.05) is 12.1 Å². The van der Waals surface area contributed by atoms with Crippen molar-refractivity contribution in [3.63, 3.8) is 0 Å². The predicted molar refractivity (Wildman–Crippen MR) is 109 cm³/mol. The van der Waals surface area contributed by atoms with Crippen LogP contribution in [0.4, 0.5) is 5.69 Å². The third kappa shape index (κ3) is 6.11. The van der Waals surface area contributed by atoms with Crippen LogP contribution < -0.4 is 24.8 Å². The number of anilines is 1. The lowest BCUT2D eigenvalue weighted by Crippen LogP contribution is -2.27. The molecule has 2 rings (SSSR count). The van der Waals surface area contributed by atoms with Crippen molar-refractivity contribution in [2.24, 2.45) is 0 Å². The average molecular weight is 375 g/mol. The molecule has 0 aliphatic rings. The Balaban J connectivity index is 1.94. The monoisotopic (exact) mass is 374 g/mol. The van der Waals surface area contributed by atoms with Crippen LogP contribution >= 0.6 is 12.2 Å². The van der Waals surface area contributed by atoms with Crippen molar-refractivity contribution in [3.8, 4) is 17.2 Å². The summed E-state index contributed by atoms with van der Waals surface area (Å²) in [6.45, 7) is 8.28. The van der Waals surface area contributed by atoms with E-state index in [1.807, 2.05) is 63.2 Å². The van der Waals surface area contributed by atoms with Gasteiger partial charge in [-0.25, -0.2) is 0 Å². The van der Waals surface area contributed by atoms with E-state index in [1.54, 1.807) is 0 Å². The number of thiocarbonyl (C=S) groups is 1. The minimum absolute atomic E-state index is 0.547. The van der Waals surface area contributed by atoms with Gasteiger partial charge < -0.3 is 24.8 Å². The van der Waals surface area contributed by atoms with Gasteiger partial charge in [-0.3, -0.25) is 0 Å². The predicted octanol–water partition coefficient (Wildman–Crippen LogP) is 4.37. The number of nitrogens with one attached hydrogen (secondary N) is 2. The first-order valence-electron chi connectivity index (χ1n) is 8.82. The van der Waals surface area contributed by atoms with E-state index in [-0.39, 0.29) is 0 Å². The van der Waals surface area contributed by atoms with E-state index < -0.39 is 0 Å². The largest absolute Gasteiger partial charge is 0.494 e. The van der Waals surface area contributed by atoms with Crippen LogP contribution in [0, 0.1) is 0 Å². The molecule has 0 spiro atoms. The van der Waals surface area contributed by atoms with Gasteiger partial charge in [0.15, 0.2) is 16.6 Å². The molecule has 2 N–H and O–H groups in total. The summed E-state index contributed by atoms with van der Waals surface area (Å²) in [5, 5.41) is 6.92. The molecule has 0 radical (unpaired) electrons. The number of rotatable bonds is 9. The fraction of sp³-hybridized carbons (Fsp3) is 0.350. The first-order valence-corrected chi connectivity index (χ1v) is 9.23. The second-order valence-electron chi connectivity index (χ2n) is 5.42. The van der Waals surface area contributed by atoms with Gasteiger partial charge in [0.1, 0.15) is 5.75 Å². The maximum absolute atomic E-state index is 5.65. The third-order valence-corrected chi connectivity index (χ3v) is 3.71. The summed E-state index contributed by atoms with van der Waals surface area (Å²) in [7, 11) is 0. The van der Waals surface area contributed by atoms with Gasteiger partial charge in [0.05, 0.1) is 19.8 Å². The highest BCUT2D eigenvalue weighted by molar-refractivity contribution is 7.80. The lowest BCUT2D eigenvalue weighted by molar-refractivity contribution is 0.287.